The quantitative estimate of drug-likeness (QED) is 0.143. The van der Waals surface area contributed by atoms with Crippen molar-refractivity contribution in [1.29, 1.82) is 0 Å². The zero-order valence-corrected chi connectivity index (χ0v) is 50.2. The molecule has 94 heavy (non-hydrogen) atoms. The lowest BCUT2D eigenvalue weighted by Crippen LogP contribution is -2.05. The van der Waals surface area contributed by atoms with Gasteiger partial charge < -0.3 is 27.4 Å². The maximum atomic E-state index is 17.4. The lowest BCUT2D eigenvalue weighted by Gasteiger charge is -2.21. The maximum Gasteiger partial charge on any atom is 0.234 e. The first-order valence-corrected chi connectivity index (χ1v) is 31.6. The van der Waals surface area contributed by atoms with Crippen LogP contribution in [0.5, 0.6) is 0 Å². The van der Waals surface area contributed by atoms with Crippen molar-refractivity contribution in [2.24, 2.45) is 0 Å². The highest BCUT2D eigenvalue weighted by atomic mass is 19.1. The van der Waals surface area contributed by atoms with E-state index >= 15 is 8.78 Å². The first-order chi connectivity index (χ1) is 46.5. The topological polar surface area (TPSA) is 33.9 Å². The first kappa shape index (κ1) is 52.0. The molecule has 0 atom stereocenters. The molecule has 0 saturated heterocycles. The first-order valence-electron chi connectivity index (χ1n) is 31.6. The third kappa shape index (κ3) is 7.16. The molecule has 14 aromatic carbocycles. The number of benzene rings is 14. The Morgan fingerprint density at radius 1 is 0.234 bits per heavy atom. The van der Waals surface area contributed by atoms with Crippen LogP contribution in [0.4, 0.5) is 14.5 Å². The Kier molecular flexibility index (Phi) is 10.9. The van der Waals surface area contributed by atoms with E-state index in [4.69, 9.17) is 4.85 Å². The molecule has 0 aliphatic rings. The van der Waals surface area contributed by atoms with Crippen molar-refractivity contribution in [3.63, 3.8) is 0 Å². The van der Waals surface area contributed by atoms with Gasteiger partial charge in [-0.1, -0.05) is 182 Å². The molecular formula is C85H49F2N7. The number of para-hydroxylation sites is 8. The molecule has 0 unspecified atom stereocenters. The van der Waals surface area contributed by atoms with Gasteiger partial charge in [0.1, 0.15) is 11.6 Å². The molecule has 7 nitrogen and oxygen atoms in total. The van der Waals surface area contributed by atoms with Gasteiger partial charge in [0.2, 0.25) is 5.69 Å². The number of rotatable bonds is 7. The fourth-order valence-electron chi connectivity index (χ4n) is 15.9. The molecule has 6 heterocycles. The zero-order chi connectivity index (χ0) is 62.0. The van der Waals surface area contributed by atoms with Crippen molar-refractivity contribution >= 4 is 137 Å². The molecule has 0 fully saturated rings. The molecule has 20 aromatic rings. The van der Waals surface area contributed by atoms with Crippen LogP contribution < -0.4 is 0 Å². The van der Waals surface area contributed by atoms with E-state index < -0.39 is 11.6 Å². The Hall–Kier alpha value is -12.8. The highest BCUT2D eigenvalue weighted by Gasteiger charge is 2.29. The van der Waals surface area contributed by atoms with Crippen molar-refractivity contribution < 1.29 is 8.78 Å². The molecule has 20 rings (SSSR count). The average Bonchev–Trinajstić information content (AvgIpc) is 1.62. The van der Waals surface area contributed by atoms with Gasteiger partial charge in [-0.25, -0.2) is 13.6 Å². The minimum Gasteiger partial charge on any atom is -0.319 e. The number of nitrogens with zero attached hydrogens (tertiary/aromatic N) is 7. The van der Waals surface area contributed by atoms with Crippen LogP contribution in [0.1, 0.15) is 0 Å². The van der Waals surface area contributed by atoms with Crippen LogP contribution in [-0.4, -0.2) is 27.4 Å². The van der Waals surface area contributed by atoms with Gasteiger partial charge >= 0.3 is 0 Å². The second-order valence-corrected chi connectivity index (χ2v) is 24.5. The summed E-state index contributed by atoms with van der Waals surface area (Å²) in [4.78, 5) is 4.71. The van der Waals surface area contributed by atoms with Crippen LogP contribution in [0.2, 0.25) is 0 Å². The van der Waals surface area contributed by atoms with Crippen molar-refractivity contribution in [3.8, 4) is 45.3 Å². The van der Waals surface area contributed by atoms with E-state index in [1.807, 2.05) is 12.1 Å². The maximum absolute atomic E-state index is 17.4. The van der Waals surface area contributed by atoms with Crippen LogP contribution in [-0.2, 0) is 0 Å². The molecule has 6 aromatic heterocycles. The Morgan fingerprint density at radius 2 is 0.489 bits per heavy atom. The van der Waals surface area contributed by atoms with E-state index in [-0.39, 0.29) is 16.8 Å². The van der Waals surface area contributed by atoms with E-state index in [1.165, 1.54) is 18.2 Å². The highest BCUT2D eigenvalue weighted by molar-refractivity contribution is 6.17. The minimum atomic E-state index is -0.744. The van der Waals surface area contributed by atoms with E-state index in [9.17, 15) is 6.57 Å². The summed E-state index contributed by atoms with van der Waals surface area (Å²) in [6.45, 7) is 9.87. The van der Waals surface area contributed by atoms with Crippen molar-refractivity contribution in [3.05, 3.63) is 320 Å². The predicted molar refractivity (Wildman–Crippen MR) is 384 cm³/mol. The van der Waals surface area contributed by atoms with E-state index in [0.29, 0.717) is 11.4 Å². The molecule has 0 bridgehead atoms. The summed E-state index contributed by atoms with van der Waals surface area (Å²) >= 11 is 0. The van der Waals surface area contributed by atoms with Gasteiger partial charge in [-0.2, -0.15) is 0 Å². The van der Waals surface area contributed by atoms with Crippen molar-refractivity contribution in [2.45, 2.75) is 0 Å². The second-order valence-electron chi connectivity index (χ2n) is 24.5. The average molecular weight is 1210 g/mol. The molecule has 0 N–H and O–H groups in total. The molecule has 438 valence electrons. The van der Waals surface area contributed by atoms with Crippen LogP contribution in [0.3, 0.4) is 0 Å². The normalized spacial score (nSPS) is 12.1. The van der Waals surface area contributed by atoms with Crippen LogP contribution >= 0.6 is 0 Å². The van der Waals surface area contributed by atoms with Crippen molar-refractivity contribution in [2.75, 3.05) is 0 Å². The highest BCUT2D eigenvalue weighted by Crippen LogP contribution is 2.49. The lowest BCUT2D eigenvalue weighted by molar-refractivity contribution is 0.589. The molecule has 0 radical (unpaired) electrons. The van der Waals surface area contributed by atoms with E-state index in [2.05, 4.69) is 294 Å². The third-order valence-electron chi connectivity index (χ3n) is 19.8. The summed E-state index contributed by atoms with van der Waals surface area (Å²) in [7, 11) is 0. The van der Waals surface area contributed by atoms with Gasteiger partial charge in [0.05, 0.1) is 89.7 Å². The van der Waals surface area contributed by atoms with Gasteiger partial charge in [0, 0.05) is 92.9 Å². The van der Waals surface area contributed by atoms with Crippen LogP contribution in [0.15, 0.2) is 297 Å². The SMILES string of the molecule is [C-]#[N+]c1c(-n2c3cc(-n4c5ccccc5c5ccccc54)ccc3c3ccc(-n4c5ccccc5c5ccccc54)cc32)ccc(-c2c(F)cccc2F)c1-n1c2cc(-n3c4ccccc4c4ccccc43)ccc2c2ccc(-n3c4ccccc4c4ccccc43)cc21. The van der Waals surface area contributed by atoms with Gasteiger partial charge in [-0.3, -0.25) is 0 Å². The molecule has 0 spiro atoms. The summed E-state index contributed by atoms with van der Waals surface area (Å²) in [5, 5.41) is 12.8. The zero-order valence-electron chi connectivity index (χ0n) is 50.2. The van der Waals surface area contributed by atoms with Gasteiger partial charge in [0.15, 0.2) is 0 Å². The molecule has 9 heteroatoms. The monoisotopic (exact) mass is 1210 g/mol. The third-order valence-corrected chi connectivity index (χ3v) is 19.8. The van der Waals surface area contributed by atoms with Crippen LogP contribution in [0.25, 0.3) is 181 Å². The van der Waals surface area contributed by atoms with Crippen molar-refractivity contribution in [1.82, 2.24) is 27.4 Å². The van der Waals surface area contributed by atoms with Gasteiger partial charge in [-0.15, -0.1) is 0 Å². The summed E-state index contributed by atoms with van der Waals surface area (Å²) in [6, 6.07) is 102. The summed E-state index contributed by atoms with van der Waals surface area (Å²) in [5.74, 6) is -1.49. The molecule has 0 aliphatic heterocycles. The summed E-state index contributed by atoms with van der Waals surface area (Å²) in [6.07, 6.45) is 0. The minimum absolute atomic E-state index is 0.201. The van der Waals surface area contributed by atoms with Crippen LogP contribution in [0, 0.1) is 18.2 Å². The summed E-state index contributed by atoms with van der Waals surface area (Å²) in [5.41, 5.74) is 16.3. The molecule has 0 aliphatic carbocycles. The number of fused-ring (bicyclic) bond motifs is 18. The number of aromatic nitrogens is 6. The Morgan fingerprint density at radius 3 is 0.766 bits per heavy atom. The number of hydrogen-bond acceptors (Lipinski definition) is 0. The fourth-order valence-corrected chi connectivity index (χ4v) is 15.9. The Balaban J connectivity index is 0.947. The molecule has 0 amide bonds. The lowest BCUT2D eigenvalue weighted by atomic mass is 9.99. The summed E-state index contributed by atoms with van der Waals surface area (Å²) < 4.78 is 48.3. The van der Waals surface area contributed by atoms with Gasteiger partial charge in [0.25, 0.3) is 0 Å². The Labute approximate surface area is 535 Å². The second kappa shape index (κ2) is 19.6. The standard InChI is InChI=1S/C85H49F2N7/c1-88-84-78(93-79-47-51(89-70-29-10-2-19-55(70)56-20-3-11-30-71(56)89)37-41-63(79)64-42-38-52(48-80(64)93)90-72-31-12-4-21-57(72)58-22-5-13-32-73(58)90)46-45-67(83-68(86)27-18-28-69(83)87)85(84)94-81-49-53(91-74-33-14-6-23-59(74)60-24-7-15-34-75(60)91)39-43-65(81)66-44-40-54(50-82(66)94)92-76-35-16-8-25-61(76)62-26-9-17-36-77(62)92/h2-50H. The van der Waals surface area contributed by atoms with E-state index in [0.717, 1.165) is 154 Å². The molecule has 0 saturated carbocycles. The van der Waals surface area contributed by atoms with Gasteiger partial charge in [-0.05, 0) is 115 Å². The fraction of sp³-hybridized carbons (Fsp3) is 0. The molecular weight excluding hydrogens is 1160 g/mol. The van der Waals surface area contributed by atoms with E-state index in [1.54, 1.807) is 0 Å². The number of hydrogen-bond donors (Lipinski definition) is 0. The largest absolute Gasteiger partial charge is 0.319 e. The smallest absolute Gasteiger partial charge is 0.234 e. The number of halogens is 2. The Bertz CT molecular complexity index is 6160. The predicted octanol–water partition coefficient (Wildman–Crippen LogP) is 22.8.